The smallest absolute Gasteiger partial charge is 0.260 e. The highest BCUT2D eigenvalue weighted by molar-refractivity contribution is 6.32. The van der Waals surface area contributed by atoms with Crippen molar-refractivity contribution in [1.82, 2.24) is 4.90 Å². The van der Waals surface area contributed by atoms with Crippen molar-refractivity contribution in [2.45, 2.75) is 39.3 Å². The number of halogens is 2. The molecule has 0 bridgehead atoms. The van der Waals surface area contributed by atoms with Crippen LogP contribution in [0, 0.1) is 19.7 Å². The quantitative estimate of drug-likeness (QED) is 0.671. The maximum absolute atomic E-state index is 13.2. The molecule has 1 amide bonds. The van der Waals surface area contributed by atoms with Gasteiger partial charge < -0.3 is 14.4 Å². The fourth-order valence-corrected chi connectivity index (χ4v) is 3.43. The molecule has 6 heteroatoms. The number of carbonyl (C=O) groups excluding carboxylic acids is 1. The number of hydrogen-bond acceptors (Lipinski definition) is 3. The number of benzene rings is 2. The summed E-state index contributed by atoms with van der Waals surface area (Å²) in [6, 6.07) is 9.84. The first-order valence-electron chi connectivity index (χ1n) is 9.45. The minimum Gasteiger partial charge on any atom is -0.484 e. The van der Waals surface area contributed by atoms with E-state index >= 15 is 0 Å². The van der Waals surface area contributed by atoms with E-state index in [-0.39, 0.29) is 24.4 Å². The zero-order valence-electron chi connectivity index (χ0n) is 16.2. The Labute approximate surface area is 170 Å². The first-order chi connectivity index (χ1) is 13.4. The topological polar surface area (TPSA) is 38.8 Å². The van der Waals surface area contributed by atoms with E-state index in [9.17, 15) is 9.18 Å². The van der Waals surface area contributed by atoms with Crippen molar-refractivity contribution in [3.05, 3.63) is 63.9 Å². The summed E-state index contributed by atoms with van der Waals surface area (Å²) in [4.78, 5) is 14.6. The fraction of sp³-hybridized carbons (Fsp3) is 0.409. The average Bonchev–Trinajstić information content (AvgIpc) is 3.18. The van der Waals surface area contributed by atoms with E-state index in [1.807, 2.05) is 26.0 Å². The van der Waals surface area contributed by atoms with Crippen molar-refractivity contribution < 1.29 is 18.7 Å². The number of hydrogen-bond donors (Lipinski definition) is 0. The standard InChI is InChI=1S/C22H25ClFNO3/c1-15-10-20(11-16(2)22(15)23)28-14-21(26)25(13-19-4-3-9-27-19)12-17-5-7-18(24)8-6-17/h5-8,10-11,19H,3-4,9,12-14H2,1-2H3. The van der Waals surface area contributed by atoms with Gasteiger partial charge in [-0.2, -0.15) is 0 Å². The molecule has 1 aliphatic heterocycles. The molecular weight excluding hydrogens is 381 g/mol. The molecule has 1 atom stereocenters. The minimum absolute atomic E-state index is 0.0319. The van der Waals surface area contributed by atoms with E-state index in [1.165, 1.54) is 12.1 Å². The van der Waals surface area contributed by atoms with Gasteiger partial charge in [-0.3, -0.25) is 4.79 Å². The molecule has 1 unspecified atom stereocenters. The highest BCUT2D eigenvalue weighted by Gasteiger charge is 2.23. The number of rotatable bonds is 7. The Kier molecular flexibility index (Phi) is 6.92. The van der Waals surface area contributed by atoms with Crippen LogP contribution in [0.1, 0.15) is 29.5 Å². The molecule has 4 nitrogen and oxygen atoms in total. The summed E-state index contributed by atoms with van der Waals surface area (Å²) in [7, 11) is 0. The van der Waals surface area contributed by atoms with Crippen LogP contribution >= 0.6 is 11.6 Å². The monoisotopic (exact) mass is 405 g/mol. The Bertz CT molecular complexity index is 796. The molecule has 1 fully saturated rings. The molecule has 1 heterocycles. The van der Waals surface area contributed by atoms with Gasteiger partial charge in [-0.25, -0.2) is 4.39 Å². The van der Waals surface area contributed by atoms with E-state index < -0.39 is 0 Å². The summed E-state index contributed by atoms with van der Waals surface area (Å²) in [6.45, 7) is 5.35. The third-order valence-electron chi connectivity index (χ3n) is 4.86. The molecule has 28 heavy (non-hydrogen) atoms. The Morgan fingerprint density at radius 1 is 1.25 bits per heavy atom. The van der Waals surface area contributed by atoms with Gasteiger partial charge in [0.1, 0.15) is 11.6 Å². The summed E-state index contributed by atoms with van der Waals surface area (Å²) in [5.41, 5.74) is 2.68. The largest absolute Gasteiger partial charge is 0.484 e. The van der Waals surface area contributed by atoms with Crippen LogP contribution in [0.5, 0.6) is 5.75 Å². The second kappa shape index (κ2) is 9.39. The molecule has 2 aromatic rings. The number of nitrogens with zero attached hydrogens (tertiary/aromatic N) is 1. The predicted octanol–water partition coefficient (Wildman–Crippen LogP) is 4.68. The highest BCUT2D eigenvalue weighted by atomic mass is 35.5. The van der Waals surface area contributed by atoms with E-state index in [0.717, 1.165) is 36.1 Å². The number of carbonyl (C=O) groups is 1. The van der Waals surface area contributed by atoms with Crippen molar-refractivity contribution >= 4 is 17.5 Å². The first kappa shape index (κ1) is 20.6. The minimum atomic E-state index is -0.294. The molecule has 0 N–H and O–H groups in total. The SMILES string of the molecule is Cc1cc(OCC(=O)N(Cc2ccc(F)cc2)CC2CCCO2)cc(C)c1Cl. The van der Waals surface area contributed by atoms with Crippen LogP contribution in [-0.2, 0) is 16.1 Å². The second-order valence-corrected chi connectivity index (χ2v) is 7.57. The molecular formula is C22H25ClFNO3. The summed E-state index contributed by atoms with van der Waals surface area (Å²) in [6.07, 6.45) is 1.97. The van der Waals surface area contributed by atoms with Crippen molar-refractivity contribution in [3.63, 3.8) is 0 Å². The number of amides is 1. The zero-order valence-corrected chi connectivity index (χ0v) is 17.0. The van der Waals surface area contributed by atoms with Crippen LogP contribution < -0.4 is 4.74 Å². The van der Waals surface area contributed by atoms with Crippen LogP contribution in [0.4, 0.5) is 4.39 Å². The average molecular weight is 406 g/mol. The lowest BCUT2D eigenvalue weighted by Gasteiger charge is -2.26. The van der Waals surface area contributed by atoms with E-state index in [0.29, 0.717) is 23.9 Å². The lowest BCUT2D eigenvalue weighted by atomic mass is 10.1. The van der Waals surface area contributed by atoms with Crippen molar-refractivity contribution in [2.75, 3.05) is 19.8 Å². The maximum Gasteiger partial charge on any atom is 0.260 e. The first-order valence-corrected chi connectivity index (χ1v) is 9.83. The van der Waals surface area contributed by atoms with Crippen LogP contribution in [0.15, 0.2) is 36.4 Å². The molecule has 1 aliphatic rings. The molecule has 0 aromatic heterocycles. The normalized spacial score (nSPS) is 16.2. The fourth-order valence-electron chi connectivity index (χ4n) is 3.32. The summed E-state index contributed by atoms with van der Waals surface area (Å²) in [5, 5.41) is 0.704. The third kappa shape index (κ3) is 5.46. The Balaban J connectivity index is 1.67. The number of ether oxygens (including phenoxy) is 2. The van der Waals surface area contributed by atoms with Gasteiger partial charge in [0.15, 0.2) is 6.61 Å². The van der Waals surface area contributed by atoms with Gasteiger partial charge in [-0.1, -0.05) is 23.7 Å². The maximum atomic E-state index is 13.2. The van der Waals surface area contributed by atoms with Gasteiger partial charge in [0.2, 0.25) is 0 Å². The van der Waals surface area contributed by atoms with Crippen molar-refractivity contribution in [3.8, 4) is 5.75 Å². The Morgan fingerprint density at radius 3 is 2.54 bits per heavy atom. The summed E-state index contributed by atoms with van der Waals surface area (Å²) < 4.78 is 24.6. The van der Waals surface area contributed by atoms with Gasteiger partial charge >= 0.3 is 0 Å². The predicted molar refractivity (Wildman–Crippen MR) is 107 cm³/mol. The van der Waals surface area contributed by atoms with E-state index in [4.69, 9.17) is 21.1 Å². The molecule has 0 aliphatic carbocycles. The van der Waals surface area contributed by atoms with Crippen molar-refractivity contribution in [2.24, 2.45) is 0 Å². The lowest BCUT2D eigenvalue weighted by molar-refractivity contribution is -0.135. The zero-order chi connectivity index (χ0) is 20.1. The van der Waals surface area contributed by atoms with Gasteiger partial charge in [0.25, 0.3) is 5.91 Å². The van der Waals surface area contributed by atoms with Gasteiger partial charge in [-0.05, 0) is 67.6 Å². The molecule has 0 saturated carbocycles. The van der Waals surface area contributed by atoms with Crippen LogP contribution in [0.2, 0.25) is 5.02 Å². The molecule has 150 valence electrons. The summed E-state index contributed by atoms with van der Waals surface area (Å²) >= 11 is 6.19. The molecule has 0 spiro atoms. The third-order valence-corrected chi connectivity index (χ3v) is 5.46. The van der Waals surface area contributed by atoms with Gasteiger partial charge in [0.05, 0.1) is 6.10 Å². The highest BCUT2D eigenvalue weighted by Crippen LogP contribution is 2.26. The lowest BCUT2D eigenvalue weighted by Crippen LogP contribution is -2.39. The Morgan fingerprint density at radius 2 is 1.93 bits per heavy atom. The molecule has 3 rings (SSSR count). The van der Waals surface area contributed by atoms with E-state index in [2.05, 4.69) is 0 Å². The van der Waals surface area contributed by atoms with Gasteiger partial charge in [-0.15, -0.1) is 0 Å². The Hall–Kier alpha value is -2.11. The number of aryl methyl sites for hydroxylation is 2. The molecule has 0 radical (unpaired) electrons. The van der Waals surface area contributed by atoms with Crippen LogP contribution in [-0.4, -0.2) is 36.7 Å². The summed E-state index contributed by atoms with van der Waals surface area (Å²) in [5.74, 6) is 0.189. The second-order valence-electron chi connectivity index (χ2n) is 7.20. The van der Waals surface area contributed by atoms with Gasteiger partial charge in [0, 0.05) is 24.7 Å². The van der Waals surface area contributed by atoms with Crippen LogP contribution in [0.3, 0.4) is 0 Å². The van der Waals surface area contributed by atoms with E-state index in [1.54, 1.807) is 17.0 Å². The molecule has 2 aromatic carbocycles. The molecule has 1 saturated heterocycles. The van der Waals surface area contributed by atoms with Crippen molar-refractivity contribution in [1.29, 1.82) is 0 Å². The van der Waals surface area contributed by atoms with Crippen LogP contribution in [0.25, 0.3) is 0 Å².